The molecule has 0 unspecified atom stereocenters. The molecular weight excluding hydrogens is 380 g/mol. The Morgan fingerprint density at radius 1 is 0.897 bits per heavy atom. The van der Waals surface area contributed by atoms with Gasteiger partial charge in [-0.15, -0.1) is 0 Å². The lowest BCUT2D eigenvalue weighted by Crippen LogP contribution is -2.61. The summed E-state index contributed by atoms with van der Waals surface area (Å²) in [6, 6.07) is 16.4. The monoisotopic (exact) mass is 402 g/mol. The molecular formula is C21H22O8. The van der Waals surface area contributed by atoms with E-state index in [4.69, 9.17) is 18.9 Å². The predicted octanol–water partition coefficient (Wildman–Crippen LogP) is 1.16. The third-order valence-corrected chi connectivity index (χ3v) is 4.53. The molecule has 3 rings (SSSR count). The highest BCUT2D eigenvalue weighted by atomic mass is 16.7. The molecule has 2 N–H and O–H groups in total. The Morgan fingerprint density at radius 2 is 1.38 bits per heavy atom. The summed E-state index contributed by atoms with van der Waals surface area (Å²) in [5.41, 5.74) is 0.541. The Balaban J connectivity index is 1.79. The molecule has 1 aliphatic rings. The maximum Gasteiger partial charge on any atom is 0.338 e. The average molecular weight is 402 g/mol. The van der Waals surface area contributed by atoms with E-state index < -0.39 is 49.3 Å². The van der Waals surface area contributed by atoms with E-state index in [1.807, 2.05) is 0 Å². The minimum absolute atomic E-state index is 0.267. The van der Waals surface area contributed by atoms with Crippen LogP contribution in [-0.2, 0) is 18.9 Å². The standard InChI is InChI=1S/C21H22O8/c1-26-21-18(29-20(25)14-10-6-3-7-11-14)16(23)17(15(12-22)27-21)28-19(24)13-8-4-2-5-9-13/h2-11,15-18,21-23H,12H2,1H3/t15-,16+,17-,18-,21-/m1/s1. The highest BCUT2D eigenvalue weighted by Crippen LogP contribution is 2.27. The van der Waals surface area contributed by atoms with Gasteiger partial charge < -0.3 is 29.2 Å². The van der Waals surface area contributed by atoms with Gasteiger partial charge in [-0.3, -0.25) is 0 Å². The summed E-state index contributed by atoms with van der Waals surface area (Å²) in [5, 5.41) is 20.4. The normalized spacial score (nSPS) is 26.5. The fourth-order valence-corrected chi connectivity index (χ4v) is 3.03. The number of carbonyl (C=O) groups is 2. The molecule has 1 saturated heterocycles. The molecule has 0 aromatic heterocycles. The van der Waals surface area contributed by atoms with Crippen molar-refractivity contribution in [3.63, 3.8) is 0 Å². The summed E-state index contributed by atoms with van der Waals surface area (Å²) in [6.45, 7) is -0.539. The molecule has 5 atom stereocenters. The number of hydrogen-bond acceptors (Lipinski definition) is 8. The van der Waals surface area contributed by atoms with Crippen LogP contribution in [0.2, 0.25) is 0 Å². The van der Waals surface area contributed by atoms with Gasteiger partial charge in [-0.25, -0.2) is 9.59 Å². The molecule has 2 aromatic rings. The molecule has 0 bridgehead atoms. The molecule has 0 aliphatic carbocycles. The van der Waals surface area contributed by atoms with Gasteiger partial charge in [-0.2, -0.15) is 0 Å². The topological polar surface area (TPSA) is 112 Å². The van der Waals surface area contributed by atoms with Crippen molar-refractivity contribution in [1.29, 1.82) is 0 Å². The second kappa shape index (κ2) is 9.62. The van der Waals surface area contributed by atoms with Gasteiger partial charge >= 0.3 is 11.9 Å². The second-order valence-electron chi connectivity index (χ2n) is 6.42. The molecule has 8 heteroatoms. The highest BCUT2D eigenvalue weighted by Gasteiger charge is 2.49. The van der Waals surface area contributed by atoms with Crippen LogP contribution in [0.25, 0.3) is 0 Å². The van der Waals surface area contributed by atoms with E-state index in [2.05, 4.69) is 0 Å². The van der Waals surface area contributed by atoms with Crippen LogP contribution in [0.5, 0.6) is 0 Å². The van der Waals surface area contributed by atoms with Crippen LogP contribution >= 0.6 is 0 Å². The molecule has 1 fully saturated rings. The lowest BCUT2D eigenvalue weighted by molar-refractivity contribution is -0.292. The fraction of sp³-hybridized carbons (Fsp3) is 0.333. The van der Waals surface area contributed by atoms with Crippen molar-refractivity contribution in [2.45, 2.75) is 30.7 Å². The van der Waals surface area contributed by atoms with E-state index in [1.54, 1.807) is 60.7 Å². The van der Waals surface area contributed by atoms with Crippen molar-refractivity contribution in [3.05, 3.63) is 71.8 Å². The third kappa shape index (κ3) is 4.80. The van der Waals surface area contributed by atoms with E-state index in [0.717, 1.165) is 0 Å². The average Bonchev–Trinajstić information content (AvgIpc) is 2.77. The Kier molecular flexibility index (Phi) is 6.95. The maximum absolute atomic E-state index is 12.4. The van der Waals surface area contributed by atoms with Crippen LogP contribution in [0.15, 0.2) is 60.7 Å². The van der Waals surface area contributed by atoms with E-state index in [1.165, 1.54) is 7.11 Å². The smallest absolute Gasteiger partial charge is 0.338 e. The second-order valence-corrected chi connectivity index (χ2v) is 6.42. The molecule has 29 heavy (non-hydrogen) atoms. The van der Waals surface area contributed by atoms with Crippen molar-refractivity contribution >= 4 is 11.9 Å². The van der Waals surface area contributed by atoms with E-state index in [9.17, 15) is 19.8 Å². The summed E-state index contributed by atoms with van der Waals surface area (Å²) in [6.07, 6.45) is -6.24. The first-order valence-corrected chi connectivity index (χ1v) is 9.04. The number of methoxy groups -OCH3 is 1. The zero-order valence-corrected chi connectivity index (χ0v) is 15.7. The Morgan fingerprint density at radius 3 is 1.83 bits per heavy atom. The van der Waals surface area contributed by atoms with Crippen molar-refractivity contribution in [2.24, 2.45) is 0 Å². The molecule has 0 spiro atoms. The molecule has 2 aromatic carbocycles. The van der Waals surface area contributed by atoms with Crippen molar-refractivity contribution in [2.75, 3.05) is 13.7 Å². The fourth-order valence-electron chi connectivity index (χ4n) is 3.03. The van der Waals surface area contributed by atoms with E-state index >= 15 is 0 Å². The van der Waals surface area contributed by atoms with E-state index in [-0.39, 0.29) is 11.1 Å². The minimum Gasteiger partial charge on any atom is -0.453 e. The van der Waals surface area contributed by atoms with Crippen LogP contribution in [0, 0.1) is 0 Å². The van der Waals surface area contributed by atoms with Gasteiger partial charge in [0.25, 0.3) is 0 Å². The molecule has 1 aliphatic heterocycles. The first-order chi connectivity index (χ1) is 14.0. The molecule has 0 radical (unpaired) electrons. The molecule has 0 saturated carbocycles. The SMILES string of the molecule is CO[C@@H]1O[C@H](CO)[C@@H](OC(=O)c2ccccc2)[C@H](O)[C@H]1OC(=O)c1ccccc1. The number of aliphatic hydroxyl groups excluding tert-OH is 2. The largest absolute Gasteiger partial charge is 0.453 e. The van der Waals surface area contributed by atoms with Crippen molar-refractivity contribution in [1.82, 2.24) is 0 Å². The van der Waals surface area contributed by atoms with Crippen LogP contribution in [0.1, 0.15) is 20.7 Å². The Hall–Kier alpha value is -2.78. The maximum atomic E-state index is 12.4. The zero-order valence-electron chi connectivity index (χ0n) is 15.7. The van der Waals surface area contributed by atoms with Gasteiger partial charge in [0.15, 0.2) is 18.5 Å². The zero-order chi connectivity index (χ0) is 20.8. The minimum atomic E-state index is -1.48. The van der Waals surface area contributed by atoms with Crippen LogP contribution in [0.4, 0.5) is 0 Å². The van der Waals surface area contributed by atoms with Gasteiger partial charge in [-0.05, 0) is 24.3 Å². The van der Waals surface area contributed by atoms with Crippen LogP contribution < -0.4 is 0 Å². The van der Waals surface area contributed by atoms with Gasteiger partial charge in [0.1, 0.15) is 12.2 Å². The summed E-state index contributed by atoms with van der Waals surface area (Å²) in [5.74, 6) is -1.41. The number of benzene rings is 2. The number of ether oxygens (including phenoxy) is 4. The summed E-state index contributed by atoms with van der Waals surface area (Å²) >= 11 is 0. The van der Waals surface area contributed by atoms with Crippen molar-refractivity contribution in [3.8, 4) is 0 Å². The van der Waals surface area contributed by atoms with Gasteiger partial charge in [-0.1, -0.05) is 36.4 Å². The molecule has 0 amide bonds. The number of esters is 2. The molecule has 154 valence electrons. The highest BCUT2D eigenvalue weighted by molar-refractivity contribution is 5.90. The van der Waals surface area contributed by atoms with Crippen LogP contribution in [0.3, 0.4) is 0 Å². The number of carbonyl (C=O) groups excluding carboxylic acids is 2. The van der Waals surface area contributed by atoms with Gasteiger partial charge in [0, 0.05) is 7.11 Å². The summed E-state index contributed by atoms with van der Waals surface area (Å²) < 4.78 is 21.5. The summed E-state index contributed by atoms with van der Waals surface area (Å²) in [7, 11) is 1.31. The number of rotatable bonds is 6. The summed E-state index contributed by atoms with van der Waals surface area (Å²) in [4.78, 5) is 24.8. The Bertz CT molecular complexity index is 742. The van der Waals surface area contributed by atoms with Crippen molar-refractivity contribution < 1.29 is 38.7 Å². The molecule has 1 heterocycles. The number of aliphatic hydroxyl groups is 2. The van der Waals surface area contributed by atoms with Crippen LogP contribution in [-0.4, -0.2) is 66.6 Å². The first kappa shape index (κ1) is 20.9. The first-order valence-electron chi connectivity index (χ1n) is 9.04. The third-order valence-electron chi connectivity index (χ3n) is 4.53. The van der Waals surface area contributed by atoms with Gasteiger partial charge in [0.05, 0.1) is 17.7 Å². The molecule has 8 nitrogen and oxygen atoms in total. The Labute approximate surface area is 167 Å². The quantitative estimate of drug-likeness (QED) is 0.693. The lowest BCUT2D eigenvalue weighted by atomic mass is 9.98. The number of hydrogen-bond donors (Lipinski definition) is 2. The van der Waals surface area contributed by atoms with E-state index in [0.29, 0.717) is 0 Å². The predicted molar refractivity (Wildman–Crippen MR) is 100 cm³/mol. The lowest BCUT2D eigenvalue weighted by Gasteiger charge is -2.42. The van der Waals surface area contributed by atoms with Gasteiger partial charge in [0.2, 0.25) is 0 Å².